The van der Waals surface area contributed by atoms with Crippen LogP contribution in [-0.4, -0.2) is 42.0 Å². The summed E-state index contributed by atoms with van der Waals surface area (Å²) in [6, 6.07) is 3.04. The molecule has 0 fully saturated rings. The molecule has 1 aromatic rings. The second kappa shape index (κ2) is 6.95. The smallest absolute Gasteiger partial charge is 0.305 e. The zero-order valence-electron chi connectivity index (χ0n) is 11.6. The average molecular weight is 284 g/mol. The molecule has 0 aliphatic heterocycles. The Hall–Kier alpha value is -2.02. The summed E-state index contributed by atoms with van der Waals surface area (Å²) in [6.07, 6.45) is 0. The maximum absolute atomic E-state index is 13.3. The van der Waals surface area contributed by atoms with Gasteiger partial charge in [-0.2, -0.15) is 4.39 Å². The van der Waals surface area contributed by atoms with Gasteiger partial charge in [0, 0.05) is 31.3 Å². The predicted molar refractivity (Wildman–Crippen MR) is 71.1 cm³/mol. The van der Waals surface area contributed by atoms with Crippen LogP contribution in [0.3, 0.4) is 0 Å². The van der Waals surface area contributed by atoms with Crippen LogP contribution >= 0.6 is 0 Å². The van der Waals surface area contributed by atoms with E-state index in [1.807, 2.05) is 13.8 Å². The number of nitro groups is 1. The van der Waals surface area contributed by atoms with E-state index in [9.17, 15) is 19.3 Å². The van der Waals surface area contributed by atoms with Crippen LogP contribution < -0.4 is 0 Å². The SMILES string of the molecule is COCCN(C(=O)c1ccc(F)c([N+](=O)[O-])c1)C(C)C. The molecule has 20 heavy (non-hydrogen) atoms. The third-order valence-corrected chi connectivity index (χ3v) is 2.81. The Kier molecular flexibility index (Phi) is 5.57. The number of benzene rings is 1. The lowest BCUT2D eigenvalue weighted by atomic mass is 10.1. The van der Waals surface area contributed by atoms with E-state index in [1.165, 1.54) is 18.1 Å². The van der Waals surface area contributed by atoms with Gasteiger partial charge in [-0.15, -0.1) is 0 Å². The number of methoxy groups -OCH3 is 1. The number of amides is 1. The molecule has 0 bridgehead atoms. The molecule has 110 valence electrons. The van der Waals surface area contributed by atoms with Crippen molar-refractivity contribution in [2.24, 2.45) is 0 Å². The lowest BCUT2D eigenvalue weighted by Crippen LogP contribution is -2.39. The van der Waals surface area contributed by atoms with Gasteiger partial charge in [-0.3, -0.25) is 14.9 Å². The summed E-state index contributed by atoms with van der Waals surface area (Å²) in [6.45, 7) is 4.36. The van der Waals surface area contributed by atoms with Gasteiger partial charge in [-0.1, -0.05) is 0 Å². The number of hydrogen-bond donors (Lipinski definition) is 0. The van der Waals surface area contributed by atoms with Gasteiger partial charge in [0.25, 0.3) is 5.91 Å². The van der Waals surface area contributed by atoms with Gasteiger partial charge in [-0.05, 0) is 26.0 Å². The number of hydrogen-bond acceptors (Lipinski definition) is 4. The largest absolute Gasteiger partial charge is 0.383 e. The second-order valence-electron chi connectivity index (χ2n) is 4.51. The first kappa shape index (κ1) is 16.0. The highest BCUT2D eigenvalue weighted by Crippen LogP contribution is 2.20. The van der Waals surface area contributed by atoms with E-state index in [1.54, 1.807) is 0 Å². The number of nitro benzene ring substituents is 1. The summed E-state index contributed by atoms with van der Waals surface area (Å²) in [4.78, 5) is 23.7. The minimum Gasteiger partial charge on any atom is -0.383 e. The Balaban J connectivity index is 3.05. The summed E-state index contributed by atoms with van der Waals surface area (Å²) in [5.41, 5.74) is -0.616. The van der Waals surface area contributed by atoms with Crippen molar-refractivity contribution in [3.8, 4) is 0 Å². The van der Waals surface area contributed by atoms with Crippen LogP contribution in [0.25, 0.3) is 0 Å². The molecule has 0 N–H and O–H groups in total. The van der Waals surface area contributed by atoms with Gasteiger partial charge in [0.05, 0.1) is 11.5 Å². The van der Waals surface area contributed by atoms with Gasteiger partial charge in [0.15, 0.2) is 0 Å². The molecular formula is C13H17FN2O4. The normalized spacial score (nSPS) is 10.7. The molecule has 0 aromatic heterocycles. The fraction of sp³-hybridized carbons (Fsp3) is 0.462. The van der Waals surface area contributed by atoms with Crippen molar-refractivity contribution in [2.45, 2.75) is 19.9 Å². The van der Waals surface area contributed by atoms with E-state index in [0.29, 0.717) is 13.2 Å². The molecule has 0 unspecified atom stereocenters. The first-order valence-electron chi connectivity index (χ1n) is 6.12. The molecule has 0 aliphatic rings. The van der Waals surface area contributed by atoms with E-state index < -0.39 is 16.4 Å². The standard InChI is InChI=1S/C13H17FN2O4/c1-9(2)15(6-7-20-3)13(17)10-4-5-11(14)12(8-10)16(18)19/h4-5,8-9H,6-7H2,1-3H3. The molecule has 0 saturated heterocycles. The predicted octanol–water partition coefficient (Wildman–Crippen LogP) is 2.23. The van der Waals surface area contributed by atoms with Crippen molar-refractivity contribution in [2.75, 3.05) is 20.3 Å². The molecule has 0 spiro atoms. The van der Waals surface area contributed by atoms with Gasteiger partial charge in [0.2, 0.25) is 5.82 Å². The number of carbonyl (C=O) groups excluding carboxylic acids is 1. The zero-order valence-corrected chi connectivity index (χ0v) is 11.6. The highest BCUT2D eigenvalue weighted by molar-refractivity contribution is 5.95. The van der Waals surface area contributed by atoms with Crippen molar-refractivity contribution in [3.63, 3.8) is 0 Å². The fourth-order valence-corrected chi connectivity index (χ4v) is 1.74. The van der Waals surface area contributed by atoms with E-state index >= 15 is 0 Å². The molecule has 1 amide bonds. The number of ether oxygens (including phenoxy) is 1. The Morgan fingerprint density at radius 3 is 2.65 bits per heavy atom. The topological polar surface area (TPSA) is 72.7 Å². The third kappa shape index (κ3) is 3.74. The number of carbonyl (C=O) groups is 1. The van der Waals surface area contributed by atoms with Crippen molar-refractivity contribution in [3.05, 3.63) is 39.7 Å². The summed E-state index contributed by atoms with van der Waals surface area (Å²) in [5.74, 6) is -1.35. The summed E-state index contributed by atoms with van der Waals surface area (Å²) >= 11 is 0. The van der Waals surface area contributed by atoms with Gasteiger partial charge in [-0.25, -0.2) is 0 Å². The van der Waals surface area contributed by atoms with Crippen molar-refractivity contribution < 1.29 is 18.8 Å². The van der Waals surface area contributed by atoms with Crippen LogP contribution in [-0.2, 0) is 4.74 Å². The van der Waals surface area contributed by atoms with Crippen LogP contribution in [0.15, 0.2) is 18.2 Å². The van der Waals surface area contributed by atoms with Crippen molar-refractivity contribution >= 4 is 11.6 Å². The van der Waals surface area contributed by atoms with E-state index in [2.05, 4.69) is 0 Å². The van der Waals surface area contributed by atoms with E-state index in [0.717, 1.165) is 12.1 Å². The Morgan fingerprint density at radius 1 is 1.50 bits per heavy atom. The minimum absolute atomic E-state index is 0.0860. The fourth-order valence-electron chi connectivity index (χ4n) is 1.74. The van der Waals surface area contributed by atoms with Crippen LogP contribution in [0.2, 0.25) is 0 Å². The zero-order chi connectivity index (χ0) is 15.3. The monoisotopic (exact) mass is 284 g/mol. The first-order chi connectivity index (χ1) is 9.38. The lowest BCUT2D eigenvalue weighted by molar-refractivity contribution is -0.387. The maximum atomic E-state index is 13.3. The molecule has 0 saturated carbocycles. The van der Waals surface area contributed by atoms with Crippen LogP contribution in [0.1, 0.15) is 24.2 Å². The summed E-state index contributed by atoms with van der Waals surface area (Å²) in [7, 11) is 1.52. The lowest BCUT2D eigenvalue weighted by Gasteiger charge is -2.26. The second-order valence-corrected chi connectivity index (χ2v) is 4.51. The molecule has 0 aliphatic carbocycles. The van der Waals surface area contributed by atoms with Crippen molar-refractivity contribution in [1.29, 1.82) is 0 Å². The van der Waals surface area contributed by atoms with Gasteiger partial charge in [0.1, 0.15) is 0 Å². The van der Waals surface area contributed by atoms with Crippen LogP contribution in [0.4, 0.5) is 10.1 Å². The molecular weight excluding hydrogens is 267 g/mol. The minimum atomic E-state index is -0.959. The Labute approximate surface area is 116 Å². The molecule has 0 radical (unpaired) electrons. The summed E-state index contributed by atoms with van der Waals surface area (Å²) < 4.78 is 18.2. The molecule has 1 aromatic carbocycles. The van der Waals surface area contributed by atoms with Crippen molar-refractivity contribution in [1.82, 2.24) is 4.90 Å². The molecule has 6 nitrogen and oxygen atoms in total. The van der Waals surface area contributed by atoms with Crippen LogP contribution in [0.5, 0.6) is 0 Å². The third-order valence-electron chi connectivity index (χ3n) is 2.81. The number of rotatable bonds is 6. The van der Waals surface area contributed by atoms with E-state index in [4.69, 9.17) is 4.74 Å². The van der Waals surface area contributed by atoms with E-state index in [-0.39, 0.29) is 17.5 Å². The number of halogens is 1. The maximum Gasteiger partial charge on any atom is 0.305 e. The van der Waals surface area contributed by atoms with Gasteiger partial charge < -0.3 is 9.64 Å². The number of nitrogens with zero attached hydrogens (tertiary/aromatic N) is 2. The highest BCUT2D eigenvalue weighted by Gasteiger charge is 2.22. The Bertz CT molecular complexity index is 505. The molecule has 0 atom stereocenters. The molecule has 1 rings (SSSR count). The van der Waals surface area contributed by atoms with Gasteiger partial charge >= 0.3 is 5.69 Å². The molecule has 7 heteroatoms. The quantitative estimate of drug-likeness (QED) is 0.593. The van der Waals surface area contributed by atoms with Crippen LogP contribution in [0, 0.1) is 15.9 Å². The Morgan fingerprint density at radius 2 is 2.15 bits per heavy atom. The first-order valence-corrected chi connectivity index (χ1v) is 6.12. The summed E-state index contributed by atoms with van der Waals surface area (Å²) in [5, 5.41) is 10.7. The molecule has 0 heterocycles. The highest BCUT2D eigenvalue weighted by atomic mass is 19.1. The average Bonchev–Trinajstić information content (AvgIpc) is 2.38.